The summed E-state index contributed by atoms with van der Waals surface area (Å²) in [7, 11) is 0. The number of hydrogen-bond donors (Lipinski definition) is 1. The third-order valence-electron chi connectivity index (χ3n) is 3.01. The number of nitrogens with one attached hydrogen (secondary N) is 1. The highest BCUT2D eigenvalue weighted by molar-refractivity contribution is 9.10. The zero-order valence-corrected chi connectivity index (χ0v) is 11.5. The molecule has 1 aliphatic carbocycles. The Hall–Kier alpha value is -0.640. The SMILES string of the molecule is CC(C)Cc1nc(C2CC2C)[nH]c(=O)c1Br. The molecule has 0 saturated heterocycles. The van der Waals surface area contributed by atoms with Gasteiger partial charge in [0, 0.05) is 5.92 Å². The molecule has 0 bridgehead atoms. The van der Waals surface area contributed by atoms with Crippen LogP contribution in [-0.2, 0) is 6.42 Å². The van der Waals surface area contributed by atoms with Crippen LogP contribution in [0.2, 0.25) is 0 Å². The number of aromatic amines is 1. The van der Waals surface area contributed by atoms with Crippen LogP contribution in [0.25, 0.3) is 0 Å². The molecular weight excluding hydrogens is 268 g/mol. The van der Waals surface area contributed by atoms with Gasteiger partial charge in [-0.1, -0.05) is 20.8 Å². The fourth-order valence-electron chi connectivity index (χ4n) is 1.93. The van der Waals surface area contributed by atoms with Gasteiger partial charge in [-0.3, -0.25) is 4.79 Å². The van der Waals surface area contributed by atoms with Crippen molar-refractivity contribution < 1.29 is 0 Å². The van der Waals surface area contributed by atoms with Crippen molar-refractivity contribution in [1.82, 2.24) is 9.97 Å². The van der Waals surface area contributed by atoms with Crippen LogP contribution in [0, 0.1) is 11.8 Å². The van der Waals surface area contributed by atoms with Crippen LogP contribution in [0.1, 0.15) is 44.6 Å². The van der Waals surface area contributed by atoms with Crippen molar-refractivity contribution in [1.29, 1.82) is 0 Å². The Bertz CT molecular complexity index is 453. The van der Waals surface area contributed by atoms with Crippen molar-refractivity contribution in [3.8, 4) is 0 Å². The number of halogens is 1. The molecule has 4 heteroatoms. The smallest absolute Gasteiger partial charge is 0.265 e. The Balaban J connectivity index is 2.35. The largest absolute Gasteiger partial charge is 0.309 e. The van der Waals surface area contributed by atoms with Gasteiger partial charge >= 0.3 is 0 Å². The van der Waals surface area contributed by atoms with Crippen LogP contribution < -0.4 is 5.56 Å². The van der Waals surface area contributed by atoms with E-state index in [0.29, 0.717) is 22.2 Å². The summed E-state index contributed by atoms with van der Waals surface area (Å²) < 4.78 is 0.596. The lowest BCUT2D eigenvalue weighted by molar-refractivity contribution is 0.625. The predicted octanol–water partition coefficient (Wildman–Crippen LogP) is 2.85. The van der Waals surface area contributed by atoms with Crippen LogP contribution in [0.3, 0.4) is 0 Å². The fraction of sp³-hybridized carbons (Fsp3) is 0.667. The maximum absolute atomic E-state index is 11.7. The maximum Gasteiger partial charge on any atom is 0.265 e. The fourth-order valence-corrected chi connectivity index (χ4v) is 2.27. The molecule has 16 heavy (non-hydrogen) atoms. The summed E-state index contributed by atoms with van der Waals surface area (Å²) in [4.78, 5) is 19.2. The van der Waals surface area contributed by atoms with Crippen molar-refractivity contribution in [2.75, 3.05) is 0 Å². The van der Waals surface area contributed by atoms with E-state index < -0.39 is 0 Å². The van der Waals surface area contributed by atoms with E-state index in [0.717, 1.165) is 24.4 Å². The van der Waals surface area contributed by atoms with Gasteiger partial charge < -0.3 is 4.98 Å². The van der Waals surface area contributed by atoms with E-state index >= 15 is 0 Å². The number of H-pyrrole nitrogens is 1. The monoisotopic (exact) mass is 284 g/mol. The Kier molecular flexibility index (Phi) is 3.19. The Morgan fingerprint density at radius 1 is 1.56 bits per heavy atom. The first-order valence-electron chi connectivity index (χ1n) is 5.77. The molecule has 1 saturated carbocycles. The van der Waals surface area contributed by atoms with Crippen molar-refractivity contribution in [2.45, 2.75) is 39.5 Å². The van der Waals surface area contributed by atoms with Gasteiger partial charge in [0.05, 0.1) is 5.69 Å². The molecule has 0 aromatic carbocycles. The molecule has 1 aromatic heterocycles. The summed E-state index contributed by atoms with van der Waals surface area (Å²) >= 11 is 3.32. The first kappa shape index (κ1) is 11.8. The average Bonchev–Trinajstić information content (AvgIpc) is 2.89. The van der Waals surface area contributed by atoms with Crippen molar-refractivity contribution in [3.63, 3.8) is 0 Å². The zero-order valence-electron chi connectivity index (χ0n) is 9.88. The minimum atomic E-state index is -0.0419. The highest BCUT2D eigenvalue weighted by atomic mass is 79.9. The van der Waals surface area contributed by atoms with Gasteiger partial charge in [-0.25, -0.2) is 4.98 Å². The third kappa shape index (κ3) is 2.37. The van der Waals surface area contributed by atoms with E-state index in [1.54, 1.807) is 0 Å². The molecule has 2 atom stereocenters. The summed E-state index contributed by atoms with van der Waals surface area (Å²) in [5.41, 5.74) is 0.854. The highest BCUT2D eigenvalue weighted by Crippen LogP contribution is 2.45. The predicted molar refractivity (Wildman–Crippen MR) is 67.6 cm³/mol. The van der Waals surface area contributed by atoms with Crippen LogP contribution in [0.15, 0.2) is 9.27 Å². The zero-order chi connectivity index (χ0) is 11.9. The lowest BCUT2D eigenvalue weighted by atomic mass is 10.1. The quantitative estimate of drug-likeness (QED) is 0.928. The van der Waals surface area contributed by atoms with Crippen LogP contribution in [0.4, 0.5) is 0 Å². The van der Waals surface area contributed by atoms with Crippen molar-refractivity contribution in [3.05, 3.63) is 26.3 Å². The summed E-state index contributed by atoms with van der Waals surface area (Å²) in [5, 5.41) is 0. The van der Waals surface area contributed by atoms with Gasteiger partial charge in [-0.2, -0.15) is 0 Å². The normalized spacial score (nSPS) is 23.8. The van der Waals surface area contributed by atoms with E-state index in [2.05, 4.69) is 46.7 Å². The van der Waals surface area contributed by atoms with E-state index in [1.807, 2.05) is 0 Å². The van der Waals surface area contributed by atoms with Crippen molar-refractivity contribution >= 4 is 15.9 Å². The van der Waals surface area contributed by atoms with E-state index in [1.165, 1.54) is 0 Å². The maximum atomic E-state index is 11.7. The molecular formula is C12H17BrN2O. The molecule has 2 unspecified atom stereocenters. The van der Waals surface area contributed by atoms with Gasteiger partial charge in [0.25, 0.3) is 5.56 Å². The first-order valence-corrected chi connectivity index (χ1v) is 6.57. The summed E-state index contributed by atoms with van der Waals surface area (Å²) in [6.07, 6.45) is 1.99. The first-order chi connectivity index (χ1) is 7.49. The van der Waals surface area contributed by atoms with Crippen LogP contribution in [-0.4, -0.2) is 9.97 Å². The van der Waals surface area contributed by atoms with Gasteiger partial charge in [-0.05, 0) is 40.6 Å². The van der Waals surface area contributed by atoms with Gasteiger partial charge in [0.2, 0.25) is 0 Å². The standard InChI is InChI=1S/C12H17BrN2O/c1-6(2)4-9-10(13)12(16)15-11(14-9)8-5-7(8)3/h6-8H,4-5H2,1-3H3,(H,14,15,16). The summed E-state index contributed by atoms with van der Waals surface area (Å²) in [6, 6.07) is 0. The molecule has 0 amide bonds. The molecule has 1 fully saturated rings. The Labute approximate surface area is 104 Å². The molecule has 0 radical (unpaired) electrons. The van der Waals surface area contributed by atoms with Crippen LogP contribution >= 0.6 is 15.9 Å². The second-order valence-electron chi connectivity index (χ2n) is 5.13. The Morgan fingerprint density at radius 3 is 2.69 bits per heavy atom. The number of nitrogens with zero attached hydrogens (tertiary/aromatic N) is 1. The molecule has 1 aliphatic rings. The third-order valence-corrected chi connectivity index (χ3v) is 3.83. The lowest BCUT2D eigenvalue weighted by Crippen LogP contribution is -2.16. The summed E-state index contributed by atoms with van der Waals surface area (Å²) in [5.74, 6) is 2.51. The van der Waals surface area contributed by atoms with E-state index in [9.17, 15) is 4.79 Å². The molecule has 88 valence electrons. The number of rotatable bonds is 3. The van der Waals surface area contributed by atoms with Crippen molar-refractivity contribution in [2.24, 2.45) is 11.8 Å². The topological polar surface area (TPSA) is 45.8 Å². The minimum absolute atomic E-state index is 0.0419. The van der Waals surface area contributed by atoms with Gasteiger partial charge in [0.15, 0.2) is 0 Å². The molecule has 1 aromatic rings. The lowest BCUT2D eigenvalue weighted by Gasteiger charge is -2.08. The van der Waals surface area contributed by atoms with Gasteiger partial charge in [-0.15, -0.1) is 0 Å². The summed E-state index contributed by atoms with van der Waals surface area (Å²) in [6.45, 7) is 6.46. The second-order valence-corrected chi connectivity index (χ2v) is 5.92. The van der Waals surface area contributed by atoms with Crippen LogP contribution in [0.5, 0.6) is 0 Å². The molecule has 0 aliphatic heterocycles. The molecule has 2 rings (SSSR count). The van der Waals surface area contributed by atoms with E-state index in [-0.39, 0.29) is 5.56 Å². The molecule has 3 nitrogen and oxygen atoms in total. The highest BCUT2D eigenvalue weighted by Gasteiger charge is 2.36. The second kappa shape index (κ2) is 4.32. The molecule has 1 N–H and O–H groups in total. The Morgan fingerprint density at radius 2 is 2.19 bits per heavy atom. The molecule has 0 spiro atoms. The minimum Gasteiger partial charge on any atom is -0.309 e. The molecule has 1 heterocycles. The van der Waals surface area contributed by atoms with E-state index in [4.69, 9.17) is 0 Å². The van der Waals surface area contributed by atoms with Gasteiger partial charge in [0.1, 0.15) is 10.3 Å². The number of hydrogen-bond acceptors (Lipinski definition) is 2. The number of aromatic nitrogens is 2. The average molecular weight is 285 g/mol.